The second kappa shape index (κ2) is 10.9. The maximum atomic E-state index is 12.8. The van der Waals surface area contributed by atoms with Crippen LogP contribution >= 0.6 is 11.8 Å². The van der Waals surface area contributed by atoms with E-state index in [1.54, 1.807) is 25.6 Å². The molecule has 3 unspecified atom stereocenters. The van der Waals surface area contributed by atoms with E-state index in [1.165, 1.54) is 0 Å². The summed E-state index contributed by atoms with van der Waals surface area (Å²) in [5.74, 6) is -0.433. The Bertz CT molecular complexity index is 404. The fourth-order valence-electron chi connectivity index (χ4n) is 2.45. The molecule has 7 heteroatoms. The van der Waals surface area contributed by atoms with Crippen molar-refractivity contribution >= 4 is 23.6 Å². The molecule has 6 nitrogen and oxygen atoms in total. The van der Waals surface area contributed by atoms with E-state index in [0.29, 0.717) is 6.61 Å². The number of thioether (sulfide) groups is 1. The summed E-state index contributed by atoms with van der Waals surface area (Å²) in [5.41, 5.74) is -1.25. The van der Waals surface area contributed by atoms with Gasteiger partial charge in [-0.2, -0.15) is 11.8 Å². The Labute approximate surface area is 150 Å². The Balaban J connectivity index is 5.24. The van der Waals surface area contributed by atoms with Crippen LogP contribution in [0.5, 0.6) is 0 Å². The molecule has 0 fully saturated rings. The molecule has 0 heterocycles. The van der Waals surface area contributed by atoms with Crippen LogP contribution < -0.4 is 5.32 Å². The van der Waals surface area contributed by atoms with E-state index in [2.05, 4.69) is 19.2 Å². The smallest absolute Gasteiger partial charge is 0.308 e. The Hall–Kier alpha value is -0.790. The molecule has 1 amide bonds. The molecule has 0 spiro atoms. The molecule has 24 heavy (non-hydrogen) atoms. The van der Waals surface area contributed by atoms with Crippen LogP contribution in [-0.4, -0.2) is 52.5 Å². The van der Waals surface area contributed by atoms with Gasteiger partial charge in [0.15, 0.2) is 0 Å². The summed E-state index contributed by atoms with van der Waals surface area (Å²) < 4.78 is 11.3. The number of amides is 1. The molecule has 0 saturated carbocycles. The molecule has 4 atom stereocenters. The molecule has 0 aromatic rings. The lowest BCUT2D eigenvalue weighted by Crippen LogP contribution is -2.55. The maximum absolute atomic E-state index is 12.8. The van der Waals surface area contributed by atoms with Crippen molar-refractivity contribution in [1.29, 1.82) is 0 Å². The highest BCUT2D eigenvalue weighted by Crippen LogP contribution is 2.25. The number of carbonyl (C=O) groups is 2. The predicted octanol–water partition coefficient (Wildman–Crippen LogP) is 2.90. The Kier molecular flexibility index (Phi) is 10.6. The van der Waals surface area contributed by atoms with E-state index in [9.17, 15) is 9.59 Å². The quantitative estimate of drug-likeness (QED) is 0.519. The van der Waals surface area contributed by atoms with Crippen molar-refractivity contribution in [3.05, 3.63) is 0 Å². The third-order valence-corrected chi connectivity index (χ3v) is 4.95. The van der Waals surface area contributed by atoms with Crippen LogP contribution in [0, 0.1) is 5.92 Å². The van der Waals surface area contributed by atoms with E-state index < -0.39 is 17.8 Å². The van der Waals surface area contributed by atoms with Crippen molar-refractivity contribution in [3.63, 3.8) is 0 Å². The number of rotatable bonds is 12. The SMILES string of the molecule is CCOC(C)(CC(=O)O)NC(=O)C(OC(C)C)[C@@H](C)C(C)SCC. The third-order valence-electron chi connectivity index (χ3n) is 3.66. The lowest BCUT2D eigenvalue weighted by atomic mass is 9.99. The molecule has 0 saturated heterocycles. The summed E-state index contributed by atoms with van der Waals surface area (Å²) >= 11 is 1.77. The monoisotopic (exact) mass is 363 g/mol. The van der Waals surface area contributed by atoms with Gasteiger partial charge in [-0.15, -0.1) is 0 Å². The largest absolute Gasteiger partial charge is 0.481 e. The van der Waals surface area contributed by atoms with Crippen molar-refractivity contribution in [2.45, 2.75) is 78.1 Å². The second-order valence-electron chi connectivity index (χ2n) is 6.35. The Morgan fingerprint density at radius 1 is 1.21 bits per heavy atom. The van der Waals surface area contributed by atoms with Gasteiger partial charge in [0.25, 0.3) is 5.91 Å². The molecular weight excluding hydrogens is 330 g/mol. The van der Waals surface area contributed by atoms with E-state index >= 15 is 0 Å². The molecule has 0 aliphatic heterocycles. The highest BCUT2D eigenvalue weighted by molar-refractivity contribution is 7.99. The number of carbonyl (C=O) groups excluding carboxylic acids is 1. The number of carboxylic acid groups (broad SMARTS) is 1. The first-order valence-electron chi connectivity index (χ1n) is 8.51. The highest BCUT2D eigenvalue weighted by Gasteiger charge is 2.36. The van der Waals surface area contributed by atoms with Gasteiger partial charge < -0.3 is 19.9 Å². The van der Waals surface area contributed by atoms with E-state index in [1.807, 2.05) is 20.8 Å². The van der Waals surface area contributed by atoms with Crippen molar-refractivity contribution in [3.8, 4) is 0 Å². The summed E-state index contributed by atoms with van der Waals surface area (Å²) in [7, 11) is 0. The van der Waals surface area contributed by atoms with Gasteiger partial charge in [-0.05, 0) is 33.4 Å². The molecule has 0 bridgehead atoms. The van der Waals surface area contributed by atoms with E-state index in [-0.39, 0.29) is 29.6 Å². The molecule has 142 valence electrons. The van der Waals surface area contributed by atoms with E-state index in [0.717, 1.165) is 5.75 Å². The maximum Gasteiger partial charge on any atom is 0.308 e. The number of nitrogens with one attached hydrogen (secondary N) is 1. The van der Waals surface area contributed by atoms with Gasteiger partial charge in [-0.3, -0.25) is 9.59 Å². The van der Waals surface area contributed by atoms with Crippen LogP contribution in [0.15, 0.2) is 0 Å². The van der Waals surface area contributed by atoms with Gasteiger partial charge in [0.05, 0.1) is 12.5 Å². The highest BCUT2D eigenvalue weighted by atomic mass is 32.2. The zero-order chi connectivity index (χ0) is 18.9. The van der Waals surface area contributed by atoms with Gasteiger partial charge >= 0.3 is 5.97 Å². The molecule has 0 rings (SSSR count). The summed E-state index contributed by atoms with van der Waals surface area (Å²) in [5, 5.41) is 12.0. The zero-order valence-electron chi connectivity index (χ0n) is 15.9. The molecule has 0 aromatic heterocycles. The fraction of sp³-hybridized carbons (Fsp3) is 0.882. The average molecular weight is 364 g/mol. The van der Waals surface area contributed by atoms with Crippen LogP contribution in [0.1, 0.15) is 54.9 Å². The van der Waals surface area contributed by atoms with E-state index in [4.69, 9.17) is 14.6 Å². The molecule has 0 aliphatic carbocycles. The predicted molar refractivity (Wildman–Crippen MR) is 97.2 cm³/mol. The summed E-state index contributed by atoms with van der Waals surface area (Å²) in [4.78, 5) is 23.9. The Morgan fingerprint density at radius 2 is 1.79 bits per heavy atom. The van der Waals surface area contributed by atoms with Gasteiger partial charge in [0, 0.05) is 17.8 Å². The van der Waals surface area contributed by atoms with Gasteiger partial charge in [-0.25, -0.2) is 0 Å². The Morgan fingerprint density at radius 3 is 2.21 bits per heavy atom. The lowest BCUT2D eigenvalue weighted by molar-refractivity contribution is -0.157. The molecule has 0 aliphatic rings. The average Bonchev–Trinajstić information content (AvgIpc) is 2.42. The number of hydrogen-bond acceptors (Lipinski definition) is 5. The first-order valence-corrected chi connectivity index (χ1v) is 9.56. The van der Waals surface area contributed by atoms with Crippen LogP contribution in [0.3, 0.4) is 0 Å². The number of ether oxygens (including phenoxy) is 2. The fourth-order valence-corrected chi connectivity index (χ4v) is 3.42. The molecule has 0 radical (unpaired) electrons. The van der Waals surface area contributed by atoms with Crippen molar-refractivity contribution < 1.29 is 24.2 Å². The number of hydrogen-bond donors (Lipinski definition) is 2. The van der Waals surface area contributed by atoms with Crippen LogP contribution in [-0.2, 0) is 19.1 Å². The normalized spacial score (nSPS) is 17.8. The zero-order valence-corrected chi connectivity index (χ0v) is 16.7. The summed E-state index contributed by atoms with van der Waals surface area (Å²) in [6, 6.07) is 0. The van der Waals surface area contributed by atoms with Crippen LogP contribution in [0.4, 0.5) is 0 Å². The number of aliphatic carboxylic acids is 1. The summed E-state index contributed by atoms with van der Waals surface area (Å²) in [6.07, 6.45) is -1.08. The minimum atomic E-state index is -1.25. The topological polar surface area (TPSA) is 84.9 Å². The molecular formula is C17H33NO5S. The third kappa shape index (κ3) is 8.35. The lowest BCUT2D eigenvalue weighted by Gasteiger charge is -2.34. The number of carboxylic acids is 1. The van der Waals surface area contributed by atoms with Gasteiger partial charge in [0.1, 0.15) is 11.8 Å². The standard InChI is InChI=1S/C17H33NO5S/c1-8-22-17(7,10-14(19)20)18-16(21)15(23-11(3)4)12(5)13(6)24-9-2/h11-13,15H,8-10H2,1-7H3,(H,18,21)(H,19,20)/t12-,13?,15?,17?/m0/s1. The van der Waals surface area contributed by atoms with Crippen LogP contribution in [0.2, 0.25) is 0 Å². The van der Waals surface area contributed by atoms with Gasteiger partial charge in [0.2, 0.25) is 0 Å². The summed E-state index contributed by atoms with van der Waals surface area (Å²) in [6.45, 7) is 13.5. The minimum Gasteiger partial charge on any atom is -0.481 e. The second-order valence-corrected chi connectivity index (χ2v) is 8.00. The van der Waals surface area contributed by atoms with Crippen molar-refractivity contribution in [1.82, 2.24) is 5.32 Å². The first kappa shape index (κ1) is 23.2. The minimum absolute atomic E-state index is 0.0203. The molecule has 2 N–H and O–H groups in total. The van der Waals surface area contributed by atoms with Crippen molar-refractivity contribution in [2.75, 3.05) is 12.4 Å². The van der Waals surface area contributed by atoms with Crippen LogP contribution in [0.25, 0.3) is 0 Å². The first-order chi connectivity index (χ1) is 11.1. The van der Waals surface area contributed by atoms with Gasteiger partial charge in [-0.1, -0.05) is 20.8 Å². The van der Waals surface area contributed by atoms with Crippen molar-refractivity contribution in [2.24, 2.45) is 5.92 Å². The molecule has 0 aromatic carbocycles.